The topological polar surface area (TPSA) is 39.9 Å². The Hall–Kier alpha value is -1.42. The maximum absolute atomic E-state index is 5.81. The number of aromatic nitrogens is 3. The molecule has 1 aliphatic rings. The lowest BCUT2D eigenvalue weighted by Gasteiger charge is -2.23. The third-order valence-corrected chi connectivity index (χ3v) is 3.34. The van der Waals surface area contributed by atoms with Crippen LogP contribution in [0.1, 0.15) is 36.9 Å². The van der Waals surface area contributed by atoms with E-state index in [2.05, 4.69) is 16.1 Å². The molecule has 4 heteroatoms. The number of nitrogens with zero attached hydrogens (tertiary/aromatic N) is 3. The minimum Gasteiger partial charge on any atom is -0.356 e. The van der Waals surface area contributed by atoms with Crippen LogP contribution in [0.15, 0.2) is 12.3 Å². The van der Waals surface area contributed by atoms with Gasteiger partial charge >= 0.3 is 0 Å². The molecule has 1 saturated heterocycles. The first-order chi connectivity index (χ1) is 8.25. The smallest absolute Gasteiger partial charge is 0.150 e. The Balaban J connectivity index is 2.11. The summed E-state index contributed by atoms with van der Waals surface area (Å²) in [6.45, 7) is 4.88. The van der Waals surface area contributed by atoms with Gasteiger partial charge in [0.15, 0.2) is 6.23 Å². The van der Waals surface area contributed by atoms with Crippen molar-refractivity contribution < 1.29 is 4.74 Å². The summed E-state index contributed by atoms with van der Waals surface area (Å²) in [5.41, 5.74) is 3.19. The first kappa shape index (κ1) is 10.7. The fraction of sp³-hybridized carbons (Fsp3) is 0.538. The van der Waals surface area contributed by atoms with E-state index in [9.17, 15) is 0 Å². The fourth-order valence-corrected chi connectivity index (χ4v) is 2.42. The van der Waals surface area contributed by atoms with Crippen LogP contribution in [-0.4, -0.2) is 21.4 Å². The summed E-state index contributed by atoms with van der Waals surface area (Å²) in [5.74, 6) is 0. The van der Waals surface area contributed by atoms with Crippen molar-refractivity contribution in [1.29, 1.82) is 0 Å². The highest BCUT2D eigenvalue weighted by molar-refractivity contribution is 5.81. The van der Waals surface area contributed by atoms with Crippen LogP contribution in [0.5, 0.6) is 0 Å². The second kappa shape index (κ2) is 4.11. The minimum absolute atomic E-state index is 0.0988. The van der Waals surface area contributed by atoms with Gasteiger partial charge in [0.05, 0.1) is 11.2 Å². The number of aryl methyl sites for hydroxylation is 2. The summed E-state index contributed by atoms with van der Waals surface area (Å²) in [7, 11) is 0. The number of fused-ring (bicyclic) bond motifs is 1. The Morgan fingerprint density at radius 3 is 3.00 bits per heavy atom. The predicted octanol–water partition coefficient (Wildman–Crippen LogP) is 2.75. The molecule has 0 saturated carbocycles. The summed E-state index contributed by atoms with van der Waals surface area (Å²) in [5, 5.41) is 5.74. The molecule has 0 spiro atoms. The first-order valence-corrected chi connectivity index (χ1v) is 6.19. The SMILES string of the molecule is Cc1cc2c(cn1)c(C)nn2C1CCCCO1. The van der Waals surface area contributed by atoms with Crippen LogP contribution in [0.3, 0.4) is 0 Å². The quantitative estimate of drug-likeness (QED) is 0.757. The standard InChI is InChI=1S/C13H17N3O/c1-9-7-12-11(8-14-9)10(2)15-16(12)13-5-3-4-6-17-13/h7-8,13H,3-6H2,1-2H3. The fourth-order valence-electron chi connectivity index (χ4n) is 2.42. The second-order valence-electron chi connectivity index (χ2n) is 4.69. The highest BCUT2D eigenvalue weighted by Gasteiger charge is 2.19. The molecule has 3 heterocycles. The highest BCUT2D eigenvalue weighted by atomic mass is 16.5. The molecule has 1 fully saturated rings. The monoisotopic (exact) mass is 231 g/mol. The molecule has 0 aromatic carbocycles. The van der Waals surface area contributed by atoms with Gasteiger partial charge in [0.25, 0.3) is 0 Å². The van der Waals surface area contributed by atoms with Gasteiger partial charge in [-0.15, -0.1) is 0 Å². The lowest BCUT2D eigenvalue weighted by atomic mass is 10.2. The summed E-state index contributed by atoms with van der Waals surface area (Å²) >= 11 is 0. The van der Waals surface area contributed by atoms with E-state index in [0.29, 0.717) is 0 Å². The molecule has 3 rings (SSSR count). The summed E-state index contributed by atoms with van der Waals surface area (Å²) in [6, 6.07) is 2.09. The van der Waals surface area contributed by atoms with Gasteiger partial charge in [0.2, 0.25) is 0 Å². The van der Waals surface area contributed by atoms with Crippen molar-refractivity contribution in [2.45, 2.75) is 39.3 Å². The molecule has 1 atom stereocenters. The normalized spacial score (nSPS) is 20.9. The largest absolute Gasteiger partial charge is 0.356 e. The number of ether oxygens (including phenoxy) is 1. The molecule has 90 valence electrons. The Kier molecular flexibility index (Phi) is 2.59. The molecule has 2 aromatic rings. The van der Waals surface area contributed by atoms with Crippen LogP contribution in [-0.2, 0) is 4.74 Å². The van der Waals surface area contributed by atoms with Crippen molar-refractivity contribution in [1.82, 2.24) is 14.8 Å². The van der Waals surface area contributed by atoms with E-state index in [1.165, 1.54) is 6.42 Å². The van der Waals surface area contributed by atoms with Gasteiger partial charge in [-0.05, 0) is 39.2 Å². The number of hydrogen-bond acceptors (Lipinski definition) is 3. The van der Waals surface area contributed by atoms with Crippen LogP contribution >= 0.6 is 0 Å². The Labute approximate surface area is 101 Å². The van der Waals surface area contributed by atoms with E-state index < -0.39 is 0 Å². The highest BCUT2D eigenvalue weighted by Crippen LogP contribution is 2.27. The first-order valence-electron chi connectivity index (χ1n) is 6.19. The van der Waals surface area contributed by atoms with Crippen molar-refractivity contribution in [3.63, 3.8) is 0 Å². The van der Waals surface area contributed by atoms with E-state index in [-0.39, 0.29) is 6.23 Å². The van der Waals surface area contributed by atoms with Crippen molar-refractivity contribution in [2.75, 3.05) is 6.61 Å². The predicted molar refractivity (Wildman–Crippen MR) is 65.8 cm³/mol. The van der Waals surface area contributed by atoms with Crippen molar-refractivity contribution in [2.24, 2.45) is 0 Å². The average Bonchev–Trinajstić information content (AvgIpc) is 2.67. The zero-order valence-electron chi connectivity index (χ0n) is 10.3. The zero-order valence-corrected chi connectivity index (χ0v) is 10.3. The third-order valence-electron chi connectivity index (χ3n) is 3.34. The summed E-state index contributed by atoms with van der Waals surface area (Å²) in [6.07, 6.45) is 5.44. The Bertz CT molecular complexity index is 541. The average molecular weight is 231 g/mol. The van der Waals surface area contributed by atoms with Crippen LogP contribution in [0.2, 0.25) is 0 Å². The molecular formula is C13H17N3O. The van der Waals surface area contributed by atoms with Crippen LogP contribution in [0.25, 0.3) is 10.9 Å². The summed E-state index contributed by atoms with van der Waals surface area (Å²) < 4.78 is 7.83. The Morgan fingerprint density at radius 2 is 2.24 bits per heavy atom. The maximum Gasteiger partial charge on any atom is 0.150 e. The van der Waals surface area contributed by atoms with Gasteiger partial charge < -0.3 is 4.74 Å². The molecule has 0 radical (unpaired) electrons. The molecule has 0 N–H and O–H groups in total. The van der Waals surface area contributed by atoms with E-state index >= 15 is 0 Å². The molecule has 0 aliphatic carbocycles. The molecule has 2 aromatic heterocycles. The molecule has 0 amide bonds. The van der Waals surface area contributed by atoms with E-state index in [1.807, 2.05) is 24.7 Å². The molecule has 4 nitrogen and oxygen atoms in total. The van der Waals surface area contributed by atoms with Crippen LogP contribution in [0.4, 0.5) is 0 Å². The van der Waals surface area contributed by atoms with Gasteiger partial charge in [-0.3, -0.25) is 4.98 Å². The molecule has 17 heavy (non-hydrogen) atoms. The van der Waals surface area contributed by atoms with Gasteiger partial charge in [0.1, 0.15) is 0 Å². The third kappa shape index (κ3) is 1.82. The number of hydrogen-bond donors (Lipinski definition) is 0. The van der Waals surface area contributed by atoms with Crippen molar-refractivity contribution in [3.8, 4) is 0 Å². The van der Waals surface area contributed by atoms with E-state index in [1.54, 1.807) is 0 Å². The molecule has 1 aliphatic heterocycles. The van der Waals surface area contributed by atoms with E-state index in [4.69, 9.17) is 4.74 Å². The molecule has 0 bridgehead atoms. The zero-order chi connectivity index (χ0) is 11.8. The van der Waals surface area contributed by atoms with Gasteiger partial charge in [0, 0.05) is 23.9 Å². The van der Waals surface area contributed by atoms with E-state index in [0.717, 1.165) is 41.7 Å². The number of rotatable bonds is 1. The van der Waals surface area contributed by atoms with Gasteiger partial charge in [-0.1, -0.05) is 0 Å². The minimum atomic E-state index is 0.0988. The second-order valence-corrected chi connectivity index (χ2v) is 4.69. The Morgan fingerprint density at radius 1 is 1.35 bits per heavy atom. The number of pyridine rings is 1. The van der Waals surface area contributed by atoms with Gasteiger partial charge in [-0.2, -0.15) is 5.10 Å². The van der Waals surface area contributed by atoms with Crippen LogP contribution < -0.4 is 0 Å². The molecule has 1 unspecified atom stereocenters. The maximum atomic E-state index is 5.81. The van der Waals surface area contributed by atoms with Crippen LogP contribution in [0, 0.1) is 13.8 Å². The summed E-state index contributed by atoms with van der Waals surface area (Å²) in [4.78, 5) is 4.33. The van der Waals surface area contributed by atoms with Crippen molar-refractivity contribution >= 4 is 10.9 Å². The molecular weight excluding hydrogens is 214 g/mol. The van der Waals surface area contributed by atoms with Gasteiger partial charge in [-0.25, -0.2) is 4.68 Å². The van der Waals surface area contributed by atoms with Crippen molar-refractivity contribution in [3.05, 3.63) is 23.7 Å². The lowest BCUT2D eigenvalue weighted by Crippen LogP contribution is -2.19. The lowest BCUT2D eigenvalue weighted by molar-refractivity contribution is -0.0368.